The number of methoxy groups -OCH3 is 1. The van der Waals surface area contributed by atoms with Gasteiger partial charge >= 0.3 is 12.1 Å². The van der Waals surface area contributed by atoms with Crippen LogP contribution in [0.25, 0.3) is 0 Å². The molecule has 0 saturated heterocycles. The summed E-state index contributed by atoms with van der Waals surface area (Å²) >= 11 is 0. The van der Waals surface area contributed by atoms with E-state index >= 15 is 0 Å². The third kappa shape index (κ3) is 11.6. The first-order valence-electron chi connectivity index (χ1n) is 13.4. The molecule has 0 bridgehead atoms. The summed E-state index contributed by atoms with van der Waals surface area (Å²) in [5.74, 6) is -3.11. The van der Waals surface area contributed by atoms with Crippen molar-refractivity contribution in [3.63, 3.8) is 0 Å². The van der Waals surface area contributed by atoms with E-state index < -0.39 is 65.4 Å². The molecule has 0 saturated carbocycles. The lowest BCUT2D eigenvalue weighted by molar-refractivity contribution is -0.144. The van der Waals surface area contributed by atoms with Crippen LogP contribution < -0.4 is 21.3 Å². The number of amides is 4. The highest BCUT2D eigenvalue weighted by Gasteiger charge is 2.30. The highest BCUT2D eigenvalue weighted by atomic mass is 19.1. The molecule has 0 fully saturated rings. The summed E-state index contributed by atoms with van der Waals surface area (Å²) in [5.41, 5.74) is 0.485. The minimum atomic E-state index is -1.16. The minimum absolute atomic E-state index is 0.00977. The van der Waals surface area contributed by atoms with Gasteiger partial charge in [0.2, 0.25) is 17.7 Å². The first-order valence-corrected chi connectivity index (χ1v) is 13.4. The van der Waals surface area contributed by atoms with Crippen molar-refractivity contribution >= 4 is 29.8 Å². The number of hydrogen-bond acceptors (Lipinski definition) is 7. The van der Waals surface area contributed by atoms with E-state index in [1.54, 1.807) is 45.0 Å². The van der Waals surface area contributed by atoms with Gasteiger partial charge in [0, 0.05) is 12.8 Å². The highest BCUT2D eigenvalue weighted by Crippen LogP contribution is 2.10. The number of esters is 1. The van der Waals surface area contributed by atoms with Gasteiger partial charge in [0.1, 0.15) is 35.6 Å². The maximum Gasteiger partial charge on any atom is 0.408 e. The van der Waals surface area contributed by atoms with E-state index in [4.69, 9.17) is 4.74 Å². The number of benzene rings is 2. The molecule has 11 nitrogen and oxygen atoms in total. The maximum absolute atomic E-state index is 13.4. The Morgan fingerprint density at radius 2 is 1.21 bits per heavy atom. The molecule has 4 N–H and O–H groups in total. The number of ether oxygens (including phenoxy) is 2. The Kier molecular flexibility index (Phi) is 12.4. The number of carbonyl (C=O) groups is 5. The summed E-state index contributed by atoms with van der Waals surface area (Å²) < 4.78 is 23.3. The van der Waals surface area contributed by atoms with E-state index in [2.05, 4.69) is 26.0 Å². The number of alkyl carbamates (subject to hydrolysis) is 1. The third-order valence-corrected chi connectivity index (χ3v) is 5.94. The molecule has 0 unspecified atom stereocenters. The molecule has 0 radical (unpaired) electrons. The zero-order valence-corrected chi connectivity index (χ0v) is 24.7. The lowest BCUT2D eigenvalue weighted by Gasteiger charge is -2.25. The Balaban J connectivity index is 2.17. The van der Waals surface area contributed by atoms with Crippen LogP contribution in [0.3, 0.4) is 0 Å². The molecule has 0 spiro atoms. The molecule has 12 heteroatoms. The quantitative estimate of drug-likeness (QED) is 0.278. The second-order valence-electron chi connectivity index (χ2n) is 10.8. The molecular formula is C30H39FN4O7. The predicted octanol–water partition coefficient (Wildman–Crippen LogP) is 2.17. The molecule has 2 rings (SSSR count). The van der Waals surface area contributed by atoms with Gasteiger partial charge in [-0.15, -0.1) is 0 Å². The molecule has 0 heterocycles. The van der Waals surface area contributed by atoms with E-state index in [-0.39, 0.29) is 12.8 Å². The average Bonchev–Trinajstić information content (AvgIpc) is 2.92. The molecule has 0 aliphatic heterocycles. The molecule has 228 valence electrons. The van der Waals surface area contributed by atoms with Crippen molar-refractivity contribution < 1.29 is 37.8 Å². The van der Waals surface area contributed by atoms with Crippen LogP contribution in [0.2, 0.25) is 0 Å². The molecule has 4 amide bonds. The van der Waals surface area contributed by atoms with Crippen molar-refractivity contribution in [2.75, 3.05) is 7.11 Å². The number of nitrogens with one attached hydrogen (secondary N) is 4. The molecule has 2 aromatic rings. The standard InChI is InChI=1S/C30H39FN4O7/c1-18(25(36)34-23(16-20-10-8-7-9-11-20)26(37)33-19(2)28(39)41-6)32-27(38)24(35-29(40)42-30(3,4)5)17-21-12-14-22(31)15-13-21/h7-15,18-19,23-24H,16-17H2,1-6H3,(H,32,38)(H,33,37)(H,34,36)(H,35,40)/t18-,19-,23-,24-/m0/s1. The molecule has 4 atom stereocenters. The van der Waals surface area contributed by atoms with Crippen molar-refractivity contribution in [3.8, 4) is 0 Å². The van der Waals surface area contributed by atoms with Crippen LogP contribution in [0.4, 0.5) is 9.18 Å². The molecule has 2 aromatic carbocycles. The Labute approximate surface area is 244 Å². The monoisotopic (exact) mass is 586 g/mol. The van der Waals surface area contributed by atoms with Gasteiger partial charge < -0.3 is 30.7 Å². The smallest absolute Gasteiger partial charge is 0.408 e. The summed E-state index contributed by atoms with van der Waals surface area (Å²) in [4.78, 5) is 63.7. The van der Waals surface area contributed by atoms with E-state index in [0.717, 1.165) is 5.56 Å². The highest BCUT2D eigenvalue weighted by molar-refractivity contribution is 5.94. The molecule has 0 aliphatic carbocycles. The van der Waals surface area contributed by atoms with Gasteiger partial charge in [-0.05, 0) is 57.9 Å². The molecule has 0 aromatic heterocycles. The van der Waals surface area contributed by atoms with Crippen LogP contribution in [-0.2, 0) is 41.5 Å². The second-order valence-corrected chi connectivity index (χ2v) is 10.8. The summed E-state index contributed by atoms with van der Waals surface area (Å²) in [5, 5.41) is 10.2. The molecule has 0 aliphatic rings. The van der Waals surface area contributed by atoms with Crippen LogP contribution in [0.5, 0.6) is 0 Å². The minimum Gasteiger partial charge on any atom is -0.467 e. The number of carbonyl (C=O) groups excluding carboxylic acids is 5. The Bertz CT molecular complexity index is 1230. The lowest BCUT2D eigenvalue weighted by Crippen LogP contribution is -2.57. The zero-order valence-electron chi connectivity index (χ0n) is 24.7. The number of halogens is 1. The van der Waals surface area contributed by atoms with Gasteiger partial charge in [0.05, 0.1) is 7.11 Å². The first-order chi connectivity index (χ1) is 19.7. The van der Waals surface area contributed by atoms with Gasteiger partial charge in [-0.2, -0.15) is 0 Å². The fourth-order valence-electron chi connectivity index (χ4n) is 3.80. The van der Waals surface area contributed by atoms with Gasteiger partial charge in [0.25, 0.3) is 0 Å². The van der Waals surface area contributed by atoms with E-state index in [1.807, 2.05) is 6.07 Å². The number of hydrogen-bond donors (Lipinski definition) is 4. The van der Waals surface area contributed by atoms with Crippen molar-refractivity contribution in [3.05, 3.63) is 71.5 Å². The largest absolute Gasteiger partial charge is 0.467 e. The molecular weight excluding hydrogens is 547 g/mol. The Hall–Kier alpha value is -4.48. The fourth-order valence-corrected chi connectivity index (χ4v) is 3.80. The third-order valence-electron chi connectivity index (χ3n) is 5.94. The summed E-state index contributed by atoms with van der Waals surface area (Å²) in [7, 11) is 1.19. The van der Waals surface area contributed by atoms with E-state index in [1.165, 1.54) is 45.2 Å². The topological polar surface area (TPSA) is 152 Å². The first kappa shape index (κ1) is 33.7. The SMILES string of the molecule is COC(=O)[C@H](C)NC(=O)[C@H](Cc1ccccc1)NC(=O)[C@H](C)NC(=O)[C@H](Cc1ccc(F)cc1)NC(=O)OC(C)(C)C. The van der Waals surface area contributed by atoms with Crippen molar-refractivity contribution in [2.24, 2.45) is 0 Å². The van der Waals surface area contributed by atoms with Crippen molar-refractivity contribution in [1.82, 2.24) is 21.3 Å². The maximum atomic E-state index is 13.4. The van der Waals surface area contributed by atoms with E-state index in [9.17, 15) is 28.4 Å². The summed E-state index contributed by atoms with van der Waals surface area (Å²) in [6.07, 6.45) is -0.744. The van der Waals surface area contributed by atoms with E-state index in [0.29, 0.717) is 5.56 Å². The van der Waals surface area contributed by atoms with Gasteiger partial charge in [-0.3, -0.25) is 14.4 Å². The second kappa shape index (κ2) is 15.5. The zero-order chi connectivity index (χ0) is 31.4. The Morgan fingerprint density at radius 1 is 0.714 bits per heavy atom. The number of rotatable bonds is 12. The molecule has 42 heavy (non-hydrogen) atoms. The van der Waals surface area contributed by atoms with Crippen LogP contribution >= 0.6 is 0 Å². The van der Waals surface area contributed by atoms with Crippen LogP contribution in [-0.4, -0.2) is 66.7 Å². The fraction of sp³-hybridized carbons (Fsp3) is 0.433. The van der Waals surface area contributed by atoms with Gasteiger partial charge in [-0.1, -0.05) is 42.5 Å². The van der Waals surface area contributed by atoms with Crippen LogP contribution in [0, 0.1) is 5.82 Å². The predicted molar refractivity (Wildman–Crippen MR) is 153 cm³/mol. The van der Waals surface area contributed by atoms with Crippen molar-refractivity contribution in [2.45, 2.75) is 77.2 Å². The summed E-state index contributed by atoms with van der Waals surface area (Å²) in [6.45, 7) is 7.88. The Morgan fingerprint density at radius 3 is 1.74 bits per heavy atom. The van der Waals surface area contributed by atoms with Crippen LogP contribution in [0.15, 0.2) is 54.6 Å². The van der Waals surface area contributed by atoms with Gasteiger partial charge in [0.15, 0.2) is 0 Å². The van der Waals surface area contributed by atoms with Gasteiger partial charge in [-0.25, -0.2) is 14.0 Å². The van der Waals surface area contributed by atoms with Crippen molar-refractivity contribution in [1.29, 1.82) is 0 Å². The summed E-state index contributed by atoms with van der Waals surface area (Å²) in [6, 6.07) is 10.0. The normalized spacial score (nSPS) is 13.9. The average molecular weight is 587 g/mol. The van der Waals surface area contributed by atoms with Crippen LogP contribution in [0.1, 0.15) is 45.7 Å². The lowest BCUT2D eigenvalue weighted by atomic mass is 10.0.